The van der Waals surface area contributed by atoms with Crippen molar-refractivity contribution < 1.29 is 19.8 Å². The molecule has 2 amide bonds. The number of fused-ring (bicyclic) bond motifs is 1. The summed E-state index contributed by atoms with van der Waals surface area (Å²) in [5.74, 6) is -0.182. The van der Waals surface area contributed by atoms with Gasteiger partial charge in [-0.3, -0.25) is 14.5 Å². The van der Waals surface area contributed by atoms with Gasteiger partial charge in [0.1, 0.15) is 11.5 Å². The van der Waals surface area contributed by atoms with Crippen molar-refractivity contribution in [3.8, 4) is 11.4 Å². The van der Waals surface area contributed by atoms with Gasteiger partial charge >= 0.3 is 0 Å². The number of aliphatic hydroxyl groups excluding tert-OH is 2. The summed E-state index contributed by atoms with van der Waals surface area (Å²) in [6.45, 7) is 0.0662. The minimum absolute atomic E-state index is 0.0184. The molecular weight excluding hydrogens is 372 g/mol. The normalized spacial score (nSPS) is 14.0. The average Bonchev–Trinajstić information content (AvgIpc) is 3.21. The second-order valence-corrected chi connectivity index (χ2v) is 6.58. The molecule has 0 saturated carbocycles. The van der Waals surface area contributed by atoms with Gasteiger partial charge in [-0.25, -0.2) is 4.98 Å². The SMILES string of the molecule is O=C1C=C(Nc2ccc3c(c2)nc(-c2ccccc2)n3CCO)C(=O)N1CCO. The molecule has 29 heavy (non-hydrogen) atoms. The fourth-order valence-electron chi connectivity index (χ4n) is 3.41. The lowest BCUT2D eigenvalue weighted by Gasteiger charge is -2.13. The Bertz CT molecular complexity index is 1100. The van der Waals surface area contributed by atoms with E-state index in [1.54, 1.807) is 12.1 Å². The van der Waals surface area contributed by atoms with Crippen molar-refractivity contribution >= 4 is 28.5 Å². The highest BCUT2D eigenvalue weighted by molar-refractivity contribution is 6.17. The molecule has 148 valence electrons. The number of benzene rings is 2. The summed E-state index contributed by atoms with van der Waals surface area (Å²) < 4.78 is 1.95. The summed E-state index contributed by atoms with van der Waals surface area (Å²) >= 11 is 0. The number of aromatic nitrogens is 2. The Labute approximate surface area is 166 Å². The molecule has 0 unspecified atom stereocenters. The molecule has 3 aromatic rings. The summed E-state index contributed by atoms with van der Waals surface area (Å²) in [6, 6.07) is 15.1. The van der Waals surface area contributed by atoms with E-state index in [2.05, 4.69) is 5.32 Å². The van der Waals surface area contributed by atoms with Gasteiger partial charge < -0.3 is 20.1 Å². The molecule has 0 spiro atoms. The molecule has 0 aliphatic carbocycles. The van der Waals surface area contributed by atoms with Gasteiger partial charge in [0.15, 0.2) is 0 Å². The van der Waals surface area contributed by atoms with Crippen LogP contribution in [-0.2, 0) is 16.1 Å². The maximum atomic E-state index is 12.3. The second kappa shape index (κ2) is 7.86. The summed E-state index contributed by atoms with van der Waals surface area (Å²) in [7, 11) is 0. The number of imide groups is 1. The molecule has 0 fully saturated rings. The standard InChI is InChI=1S/C21H20N4O4/c26-10-8-24-18-7-6-15(22-17-13-19(28)25(9-11-27)21(17)29)12-16(18)23-20(24)14-4-2-1-3-5-14/h1-7,12-13,22,26-27H,8-11H2. The zero-order valence-electron chi connectivity index (χ0n) is 15.6. The predicted octanol–water partition coefficient (Wildman–Crippen LogP) is 1.35. The second-order valence-electron chi connectivity index (χ2n) is 6.58. The van der Waals surface area contributed by atoms with Crippen LogP contribution in [0.25, 0.3) is 22.4 Å². The maximum absolute atomic E-state index is 12.3. The molecule has 2 aromatic carbocycles. The maximum Gasteiger partial charge on any atom is 0.277 e. The van der Waals surface area contributed by atoms with E-state index < -0.39 is 11.8 Å². The Hall–Kier alpha value is -3.49. The van der Waals surface area contributed by atoms with Crippen molar-refractivity contribution in [1.29, 1.82) is 0 Å². The van der Waals surface area contributed by atoms with Crippen LogP contribution >= 0.6 is 0 Å². The number of amides is 2. The third-order valence-electron chi connectivity index (χ3n) is 4.72. The number of nitrogens with one attached hydrogen (secondary N) is 1. The fraction of sp³-hybridized carbons (Fsp3) is 0.190. The van der Waals surface area contributed by atoms with E-state index in [-0.39, 0.29) is 25.5 Å². The highest BCUT2D eigenvalue weighted by Gasteiger charge is 2.30. The topological polar surface area (TPSA) is 108 Å². The number of rotatable bonds is 7. The molecule has 2 heterocycles. The molecule has 0 atom stereocenters. The summed E-state index contributed by atoms with van der Waals surface area (Å²) in [6.07, 6.45) is 1.22. The van der Waals surface area contributed by atoms with Crippen LogP contribution in [0.15, 0.2) is 60.3 Å². The van der Waals surface area contributed by atoms with Gasteiger partial charge in [-0.1, -0.05) is 30.3 Å². The fourth-order valence-corrected chi connectivity index (χ4v) is 3.41. The van der Waals surface area contributed by atoms with Crippen LogP contribution in [0, 0.1) is 0 Å². The highest BCUT2D eigenvalue weighted by Crippen LogP contribution is 2.27. The average molecular weight is 392 g/mol. The van der Waals surface area contributed by atoms with Gasteiger partial charge in [-0.2, -0.15) is 0 Å². The van der Waals surface area contributed by atoms with Crippen molar-refractivity contribution in [3.05, 3.63) is 60.3 Å². The van der Waals surface area contributed by atoms with E-state index >= 15 is 0 Å². The first-order chi connectivity index (χ1) is 14.1. The molecular formula is C21H20N4O4. The van der Waals surface area contributed by atoms with Crippen molar-refractivity contribution in [2.45, 2.75) is 6.54 Å². The minimum Gasteiger partial charge on any atom is -0.395 e. The number of anilines is 1. The van der Waals surface area contributed by atoms with Crippen LogP contribution in [-0.4, -0.2) is 56.2 Å². The third kappa shape index (κ3) is 3.51. The van der Waals surface area contributed by atoms with Gasteiger partial charge in [0.05, 0.1) is 30.8 Å². The first-order valence-corrected chi connectivity index (χ1v) is 9.24. The number of imidazole rings is 1. The van der Waals surface area contributed by atoms with Gasteiger partial charge in [-0.05, 0) is 18.2 Å². The zero-order chi connectivity index (χ0) is 20.4. The smallest absolute Gasteiger partial charge is 0.277 e. The van der Waals surface area contributed by atoms with Gasteiger partial charge in [0, 0.05) is 23.9 Å². The Morgan fingerprint density at radius 1 is 0.966 bits per heavy atom. The van der Waals surface area contributed by atoms with Gasteiger partial charge in [0.2, 0.25) is 0 Å². The summed E-state index contributed by atoms with van der Waals surface area (Å²) in [5, 5.41) is 21.5. The molecule has 1 aliphatic heterocycles. The van der Waals surface area contributed by atoms with Crippen molar-refractivity contribution in [2.75, 3.05) is 25.1 Å². The van der Waals surface area contributed by atoms with E-state index in [1.165, 1.54) is 6.08 Å². The third-order valence-corrected chi connectivity index (χ3v) is 4.72. The Morgan fingerprint density at radius 3 is 2.45 bits per heavy atom. The zero-order valence-corrected chi connectivity index (χ0v) is 15.6. The van der Waals surface area contributed by atoms with Crippen molar-refractivity contribution in [2.24, 2.45) is 0 Å². The number of β-amino-alcohol motifs (C(OH)–C–C–N with tert-alkyl or cyclic N) is 1. The minimum atomic E-state index is -0.472. The Balaban J connectivity index is 1.68. The molecule has 0 bridgehead atoms. The number of hydrogen-bond donors (Lipinski definition) is 3. The quantitative estimate of drug-likeness (QED) is 0.524. The first-order valence-electron chi connectivity index (χ1n) is 9.24. The van der Waals surface area contributed by atoms with Crippen LogP contribution in [0.1, 0.15) is 0 Å². The lowest BCUT2D eigenvalue weighted by molar-refractivity contribution is -0.137. The Morgan fingerprint density at radius 2 is 1.72 bits per heavy atom. The molecule has 4 rings (SSSR count). The molecule has 8 heteroatoms. The summed E-state index contributed by atoms with van der Waals surface area (Å²) in [4.78, 5) is 29.9. The molecule has 3 N–H and O–H groups in total. The first kappa shape index (κ1) is 18.9. The number of carbonyl (C=O) groups excluding carboxylic acids is 2. The van der Waals surface area contributed by atoms with Crippen LogP contribution in [0.5, 0.6) is 0 Å². The molecule has 1 aliphatic rings. The van der Waals surface area contributed by atoms with Crippen LogP contribution in [0.4, 0.5) is 5.69 Å². The van der Waals surface area contributed by atoms with Gasteiger partial charge in [-0.15, -0.1) is 0 Å². The number of nitrogens with zero attached hydrogens (tertiary/aromatic N) is 3. The van der Waals surface area contributed by atoms with E-state index in [4.69, 9.17) is 10.1 Å². The summed E-state index contributed by atoms with van der Waals surface area (Å²) in [5.41, 5.74) is 3.26. The monoisotopic (exact) mass is 392 g/mol. The molecule has 1 aromatic heterocycles. The Kier molecular flexibility index (Phi) is 5.11. The van der Waals surface area contributed by atoms with Crippen LogP contribution in [0.2, 0.25) is 0 Å². The van der Waals surface area contributed by atoms with Crippen molar-refractivity contribution in [3.63, 3.8) is 0 Å². The van der Waals surface area contributed by atoms with Crippen molar-refractivity contribution in [1.82, 2.24) is 14.5 Å². The molecule has 0 saturated heterocycles. The molecule has 8 nitrogen and oxygen atoms in total. The largest absolute Gasteiger partial charge is 0.395 e. The number of carbonyl (C=O) groups is 2. The number of aliphatic hydroxyl groups is 2. The predicted molar refractivity (Wildman–Crippen MR) is 108 cm³/mol. The number of hydrogen-bond acceptors (Lipinski definition) is 6. The lowest BCUT2D eigenvalue weighted by Crippen LogP contribution is -2.34. The van der Waals surface area contributed by atoms with E-state index in [0.29, 0.717) is 17.7 Å². The van der Waals surface area contributed by atoms with E-state index in [1.807, 2.05) is 41.0 Å². The van der Waals surface area contributed by atoms with Gasteiger partial charge in [0.25, 0.3) is 11.8 Å². The highest BCUT2D eigenvalue weighted by atomic mass is 16.3. The van der Waals surface area contributed by atoms with E-state index in [0.717, 1.165) is 21.8 Å². The van der Waals surface area contributed by atoms with Crippen LogP contribution in [0.3, 0.4) is 0 Å². The lowest BCUT2D eigenvalue weighted by atomic mass is 10.2. The van der Waals surface area contributed by atoms with E-state index in [9.17, 15) is 14.7 Å². The molecule has 0 radical (unpaired) electrons. The van der Waals surface area contributed by atoms with Crippen LogP contribution < -0.4 is 5.32 Å².